The normalized spacial score (nSPS) is 10.7. The highest BCUT2D eigenvalue weighted by molar-refractivity contribution is 7.91. The maximum atomic E-state index is 11.3. The summed E-state index contributed by atoms with van der Waals surface area (Å²) in [6.45, 7) is 0. The molecule has 16 heavy (non-hydrogen) atoms. The van der Waals surface area contributed by atoms with Crippen LogP contribution in [0.3, 0.4) is 0 Å². The highest BCUT2D eigenvalue weighted by Crippen LogP contribution is 2.07. The topological polar surface area (TPSA) is 108 Å². The van der Waals surface area contributed by atoms with Gasteiger partial charge in [0.2, 0.25) is 0 Å². The molecule has 1 aromatic rings. The lowest BCUT2D eigenvalue weighted by Crippen LogP contribution is -2.17. The van der Waals surface area contributed by atoms with Crippen LogP contribution in [-0.2, 0) is 20.4 Å². The van der Waals surface area contributed by atoms with E-state index in [2.05, 4.69) is 4.98 Å². The van der Waals surface area contributed by atoms with E-state index < -0.39 is 27.3 Å². The quantitative estimate of drug-likeness (QED) is 0.790. The lowest BCUT2D eigenvalue weighted by Gasteiger charge is -2.01. The van der Waals surface area contributed by atoms with Crippen molar-refractivity contribution in [3.05, 3.63) is 29.6 Å². The number of sulfone groups is 1. The van der Waals surface area contributed by atoms with Crippen LogP contribution in [0, 0.1) is 11.3 Å². The van der Waals surface area contributed by atoms with Crippen LogP contribution in [0.5, 0.6) is 0 Å². The predicted octanol–water partition coefficient (Wildman–Crippen LogP) is -0.0473. The van der Waals surface area contributed by atoms with Crippen molar-refractivity contribution in [3.63, 3.8) is 0 Å². The molecule has 0 saturated heterocycles. The standard InChI is InChI=1S/C9H8N2O4S/c10-4-8-3-7(1-2-11-8)5-16(14,15)6-9(12)13/h1-3H,5-6H2,(H,12,13). The van der Waals surface area contributed by atoms with Crippen LogP contribution in [0.15, 0.2) is 18.3 Å². The number of aliphatic carboxylic acids is 1. The fraction of sp³-hybridized carbons (Fsp3) is 0.222. The maximum Gasteiger partial charge on any atom is 0.318 e. The first-order valence-corrected chi connectivity index (χ1v) is 6.02. The summed E-state index contributed by atoms with van der Waals surface area (Å²) in [5, 5.41) is 16.9. The van der Waals surface area contributed by atoms with Crippen molar-refractivity contribution < 1.29 is 18.3 Å². The molecule has 0 amide bonds. The molecular weight excluding hydrogens is 232 g/mol. The Kier molecular flexibility index (Phi) is 3.58. The molecule has 7 heteroatoms. The van der Waals surface area contributed by atoms with Gasteiger partial charge < -0.3 is 5.11 Å². The minimum absolute atomic E-state index is 0.100. The van der Waals surface area contributed by atoms with Crippen LogP contribution >= 0.6 is 0 Å². The predicted molar refractivity (Wildman–Crippen MR) is 54.1 cm³/mol. The van der Waals surface area contributed by atoms with Gasteiger partial charge in [0.1, 0.15) is 17.5 Å². The molecule has 1 heterocycles. The molecule has 0 aliphatic carbocycles. The van der Waals surface area contributed by atoms with Gasteiger partial charge in [-0.05, 0) is 17.7 Å². The number of rotatable bonds is 4. The van der Waals surface area contributed by atoms with Gasteiger partial charge in [-0.15, -0.1) is 0 Å². The van der Waals surface area contributed by atoms with Gasteiger partial charge in [-0.2, -0.15) is 5.26 Å². The summed E-state index contributed by atoms with van der Waals surface area (Å²) in [6.07, 6.45) is 1.31. The van der Waals surface area contributed by atoms with Crippen LogP contribution in [-0.4, -0.2) is 30.2 Å². The lowest BCUT2D eigenvalue weighted by molar-refractivity contribution is -0.134. The number of carboxylic acid groups (broad SMARTS) is 1. The first-order valence-electron chi connectivity index (χ1n) is 4.20. The summed E-state index contributed by atoms with van der Waals surface area (Å²) in [6, 6.07) is 4.52. The highest BCUT2D eigenvalue weighted by Gasteiger charge is 2.16. The van der Waals surface area contributed by atoms with Crippen molar-refractivity contribution in [2.45, 2.75) is 5.75 Å². The molecule has 0 radical (unpaired) electrons. The number of pyridine rings is 1. The first-order chi connectivity index (χ1) is 7.43. The number of nitriles is 1. The number of nitrogens with zero attached hydrogens (tertiary/aromatic N) is 2. The maximum absolute atomic E-state index is 11.3. The molecule has 0 atom stereocenters. The van der Waals surface area contributed by atoms with Crippen molar-refractivity contribution in [1.82, 2.24) is 4.98 Å². The SMILES string of the molecule is N#Cc1cc(CS(=O)(=O)CC(=O)O)ccn1. The molecule has 0 saturated carbocycles. The van der Waals surface area contributed by atoms with E-state index in [1.54, 1.807) is 6.07 Å². The fourth-order valence-corrected chi connectivity index (χ4v) is 2.28. The van der Waals surface area contributed by atoms with Gasteiger partial charge in [-0.3, -0.25) is 4.79 Å². The van der Waals surface area contributed by atoms with Crippen LogP contribution < -0.4 is 0 Å². The summed E-state index contributed by atoms with van der Waals surface area (Å²) >= 11 is 0. The van der Waals surface area contributed by atoms with Crippen molar-refractivity contribution in [2.24, 2.45) is 0 Å². The number of hydrogen-bond donors (Lipinski definition) is 1. The summed E-state index contributed by atoms with van der Waals surface area (Å²) < 4.78 is 22.7. The van der Waals surface area contributed by atoms with Gasteiger partial charge in [0, 0.05) is 6.20 Å². The summed E-state index contributed by atoms with van der Waals surface area (Å²) in [5.74, 6) is -2.72. The third kappa shape index (κ3) is 3.67. The summed E-state index contributed by atoms with van der Waals surface area (Å²) in [5.41, 5.74) is 0.454. The molecule has 0 unspecified atom stereocenters. The number of carbonyl (C=O) groups is 1. The van der Waals surface area contributed by atoms with E-state index in [-0.39, 0.29) is 5.69 Å². The average molecular weight is 240 g/mol. The van der Waals surface area contributed by atoms with Gasteiger partial charge in [-0.1, -0.05) is 0 Å². The zero-order valence-electron chi connectivity index (χ0n) is 8.12. The van der Waals surface area contributed by atoms with Crippen LogP contribution in [0.2, 0.25) is 0 Å². The van der Waals surface area contributed by atoms with Gasteiger partial charge in [-0.25, -0.2) is 13.4 Å². The fourth-order valence-electron chi connectivity index (χ4n) is 1.12. The van der Waals surface area contributed by atoms with E-state index in [1.807, 2.05) is 0 Å². The summed E-state index contributed by atoms with van der Waals surface area (Å²) in [7, 11) is -3.70. The lowest BCUT2D eigenvalue weighted by atomic mass is 10.2. The number of hydrogen-bond acceptors (Lipinski definition) is 5. The Bertz CT molecular complexity index is 545. The third-order valence-corrected chi connectivity index (χ3v) is 3.13. The van der Waals surface area contributed by atoms with Gasteiger partial charge in [0.25, 0.3) is 0 Å². The average Bonchev–Trinajstić information content (AvgIpc) is 2.15. The molecule has 0 aliphatic rings. The van der Waals surface area contributed by atoms with Crippen molar-refractivity contribution in [3.8, 4) is 6.07 Å². The molecule has 0 fully saturated rings. The van der Waals surface area contributed by atoms with Crippen molar-refractivity contribution >= 4 is 15.8 Å². The zero-order chi connectivity index (χ0) is 12.2. The van der Waals surface area contributed by atoms with Crippen LogP contribution in [0.4, 0.5) is 0 Å². The van der Waals surface area contributed by atoms with Gasteiger partial charge >= 0.3 is 5.97 Å². The van der Waals surface area contributed by atoms with E-state index in [0.717, 1.165) is 0 Å². The minimum atomic E-state index is -3.70. The zero-order valence-corrected chi connectivity index (χ0v) is 8.94. The molecule has 0 bridgehead atoms. The van der Waals surface area contributed by atoms with Crippen LogP contribution in [0.1, 0.15) is 11.3 Å². The van der Waals surface area contributed by atoms with Gasteiger partial charge in [0.05, 0.1) is 5.75 Å². The van der Waals surface area contributed by atoms with E-state index in [0.29, 0.717) is 5.56 Å². The van der Waals surface area contributed by atoms with E-state index >= 15 is 0 Å². The van der Waals surface area contributed by atoms with E-state index in [9.17, 15) is 13.2 Å². The molecule has 84 valence electrons. The second-order valence-corrected chi connectivity index (χ2v) is 5.15. The second-order valence-electron chi connectivity index (χ2n) is 3.09. The van der Waals surface area contributed by atoms with Crippen molar-refractivity contribution in [1.29, 1.82) is 5.26 Å². The van der Waals surface area contributed by atoms with Crippen LogP contribution in [0.25, 0.3) is 0 Å². The van der Waals surface area contributed by atoms with E-state index in [4.69, 9.17) is 10.4 Å². The molecule has 0 spiro atoms. The number of aromatic nitrogens is 1. The smallest absolute Gasteiger partial charge is 0.318 e. The molecule has 0 aromatic carbocycles. The molecule has 1 N–H and O–H groups in total. The Hall–Kier alpha value is -1.94. The second kappa shape index (κ2) is 4.72. The monoisotopic (exact) mass is 240 g/mol. The highest BCUT2D eigenvalue weighted by atomic mass is 32.2. The van der Waals surface area contributed by atoms with E-state index in [1.165, 1.54) is 18.3 Å². The Morgan fingerprint density at radius 2 is 2.25 bits per heavy atom. The molecule has 1 rings (SSSR count). The van der Waals surface area contributed by atoms with Gasteiger partial charge in [0.15, 0.2) is 9.84 Å². The first kappa shape index (κ1) is 12.1. The minimum Gasteiger partial charge on any atom is -0.480 e. The molecule has 6 nitrogen and oxygen atoms in total. The summed E-state index contributed by atoms with van der Waals surface area (Å²) in [4.78, 5) is 14.0. The largest absolute Gasteiger partial charge is 0.480 e. The Labute approximate surface area is 92.1 Å². The van der Waals surface area contributed by atoms with Crippen molar-refractivity contribution in [2.75, 3.05) is 5.75 Å². The Morgan fingerprint density at radius 1 is 1.56 bits per heavy atom. The molecule has 0 aliphatic heterocycles. The Balaban J connectivity index is 2.89. The number of carboxylic acids is 1. The molecular formula is C9H8N2O4S. The molecule has 1 aromatic heterocycles. The Morgan fingerprint density at radius 3 is 2.81 bits per heavy atom. The third-order valence-electron chi connectivity index (χ3n) is 1.67.